The van der Waals surface area contributed by atoms with Gasteiger partial charge in [-0.2, -0.15) is 5.23 Å². The first-order chi connectivity index (χ1) is 15.5. The van der Waals surface area contributed by atoms with Gasteiger partial charge in [0.2, 0.25) is 5.88 Å². The van der Waals surface area contributed by atoms with Gasteiger partial charge in [0.25, 0.3) is 5.56 Å². The third-order valence-corrected chi connectivity index (χ3v) is 4.75. The third-order valence-electron chi connectivity index (χ3n) is 4.75. The van der Waals surface area contributed by atoms with Gasteiger partial charge in [-0.05, 0) is 36.4 Å². The van der Waals surface area contributed by atoms with Gasteiger partial charge in [-0.15, -0.1) is 0 Å². The molecule has 0 aliphatic carbocycles. The molecule has 1 unspecified atom stereocenters. The van der Waals surface area contributed by atoms with Gasteiger partial charge in [0.05, 0.1) is 17.1 Å². The second-order valence-electron chi connectivity index (χ2n) is 6.78. The number of para-hydroxylation sites is 2. The number of aromatic nitrogens is 2. The molecule has 0 amide bonds. The molecule has 4 rings (SSSR count). The molecule has 160 valence electrons. The minimum Gasteiger partial charge on any atom is -0.595 e. The summed E-state index contributed by atoms with van der Waals surface area (Å²) in [5.74, 6) is -0.552. The van der Waals surface area contributed by atoms with E-state index in [-0.39, 0.29) is 11.3 Å². The minimum absolute atomic E-state index is 0.0934. The second-order valence-corrected chi connectivity index (χ2v) is 6.78. The Kier molecular flexibility index (Phi) is 5.77. The van der Waals surface area contributed by atoms with Crippen molar-refractivity contribution in [1.82, 2.24) is 9.13 Å². The van der Waals surface area contributed by atoms with E-state index in [4.69, 9.17) is 5.21 Å². The second kappa shape index (κ2) is 8.82. The van der Waals surface area contributed by atoms with Crippen LogP contribution in [0.4, 0.5) is 11.4 Å². The van der Waals surface area contributed by atoms with Gasteiger partial charge in [-0.1, -0.05) is 36.4 Å². The highest BCUT2D eigenvalue weighted by Crippen LogP contribution is 2.19. The molecule has 1 heterocycles. The lowest BCUT2D eigenvalue weighted by Gasteiger charge is -2.14. The highest BCUT2D eigenvalue weighted by Gasteiger charge is 2.19. The van der Waals surface area contributed by atoms with Gasteiger partial charge < -0.3 is 10.3 Å². The Morgan fingerprint density at radius 1 is 0.812 bits per heavy atom. The predicted molar refractivity (Wildman–Crippen MR) is 119 cm³/mol. The monoisotopic (exact) mass is 430 g/mol. The summed E-state index contributed by atoms with van der Waals surface area (Å²) in [6.45, 7) is 0. The molecule has 0 bridgehead atoms. The molecule has 0 saturated carbocycles. The van der Waals surface area contributed by atoms with E-state index in [2.05, 4.69) is 4.99 Å². The van der Waals surface area contributed by atoms with Gasteiger partial charge in [0, 0.05) is 18.3 Å². The van der Waals surface area contributed by atoms with Crippen molar-refractivity contribution in [2.24, 2.45) is 4.99 Å². The summed E-state index contributed by atoms with van der Waals surface area (Å²) in [5, 5.41) is 29.8. The number of hydrogen-bond donors (Lipinski definition) is 3. The molecular formula is C23H18N4O5. The number of nitrogens with zero attached hydrogens (tertiary/aromatic N) is 3. The third kappa shape index (κ3) is 3.98. The van der Waals surface area contributed by atoms with Crippen molar-refractivity contribution in [2.45, 2.75) is 0 Å². The molecular weight excluding hydrogens is 412 g/mol. The molecule has 0 aliphatic rings. The normalized spacial score (nSPS) is 12.2. The molecule has 32 heavy (non-hydrogen) atoms. The molecule has 3 aromatic carbocycles. The topological polar surface area (TPSA) is 124 Å². The Labute approximate surface area is 181 Å². The van der Waals surface area contributed by atoms with E-state index >= 15 is 0 Å². The number of benzene rings is 3. The molecule has 9 nitrogen and oxygen atoms in total. The van der Waals surface area contributed by atoms with Gasteiger partial charge >= 0.3 is 5.69 Å². The van der Waals surface area contributed by atoms with E-state index in [1.165, 1.54) is 24.3 Å². The largest absolute Gasteiger partial charge is 0.595 e. The van der Waals surface area contributed by atoms with E-state index in [1.54, 1.807) is 60.7 Å². The van der Waals surface area contributed by atoms with Crippen molar-refractivity contribution in [2.75, 3.05) is 0 Å². The van der Waals surface area contributed by atoms with Crippen LogP contribution in [-0.2, 0) is 0 Å². The van der Waals surface area contributed by atoms with Crippen LogP contribution in [0.15, 0.2) is 99.5 Å². The molecule has 9 heteroatoms. The van der Waals surface area contributed by atoms with Gasteiger partial charge in [-0.25, -0.2) is 19.1 Å². The Morgan fingerprint density at radius 3 is 1.88 bits per heavy atom. The number of aromatic hydroxyl groups is 1. The molecule has 0 radical (unpaired) electrons. The SMILES string of the molecule is O=c1c(C=Nc2ccc([NH+]([O-])O)cc2)c(O)n(-c2ccccc2)c(=O)n1-c1ccccc1. The van der Waals surface area contributed by atoms with Gasteiger partial charge in [0.1, 0.15) is 5.56 Å². The molecule has 0 fully saturated rings. The van der Waals surface area contributed by atoms with Crippen LogP contribution in [0.25, 0.3) is 11.4 Å². The van der Waals surface area contributed by atoms with Crippen LogP contribution in [0.5, 0.6) is 5.88 Å². The zero-order valence-electron chi connectivity index (χ0n) is 16.6. The summed E-state index contributed by atoms with van der Waals surface area (Å²) in [6, 6.07) is 22.5. The Morgan fingerprint density at radius 2 is 1.34 bits per heavy atom. The quantitative estimate of drug-likeness (QED) is 0.329. The maximum absolute atomic E-state index is 13.2. The van der Waals surface area contributed by atoms with Crippen LogP contribution in [-0.4, -0.2) is 25.7 Å². The van der Waals surface area contributed by atoms with Crippen LogP contribution >= 0.6 is 0 Å². The molecule has 4 aromatic rings. The zero-order chi connectivity index (χ0) is 22.7. The van der Waals surface area contributed by atoms with Crippen LogP contribution in [0.1, 0.15) is 5.56 Å². The molecule has 0 aliphatic heterocycles. The molecule has 0 spiro atoms. The van der Waals surface area contributed by atoms with E-state index < -0.39 is 22.4 Å². The smallest absolute Gasteiger partial charge is 0.343 e. The van der Waals surface area contributed by atoms with E-state index in [0.717, 1.165) is 15.3 Å². The highest BCUT2D eigenvalue weighted by molar-refractivity contribution is 5.84. The standard InChI is InChI=1S/C23H18N4O5/c28-21-20(15-24-16-11-13-19(14-12-16)27(31)32)22(29)26(18-9-5-2-6-10-18)23(30)25(21)17-7-3-1-4-8-17/h1-15,27-28,31H. The van der Waals surface area contributed by atoms with Crippen LogP contribution in [0.3, 0.4) is 0 Å². The van der Waals surface area contributed by atoms with E-state index in [1.807, 2.05) is 0 Å². The average molecular weight is 430 g/mol. The van der Waals surface area contributed by atoms with Crippen molar-refractivity contribution >= 4 is 17.6 Å². The molecule has 1 atom stereocenters. The number of hydrogen-bond acceptors (Lipinski definition) is 6. The van der Waals surface area contributed by atoms with E-state index in [0.29, 0.717) is 17.1 Å². The number of quaternary nitrogens is 1. The summed E-state index contributed by atoms with van der Waals surface area (Å²) in [7, 11) is 0. The van der Waals surface area contributed by atoms with Crippen molar-refractivity contribution in [3.63, 3.8) is 0 Å². The van der Waals surface area contributed by atoms with Crippen molar-refractivity contribution in [3.05, 3.63) is 117 Å². The van der Waals surface area contributed by atoms with Crippen molar-refractivity contribution in [1.29, 1.82) is 0 Å². The lowest BCUT2D eigenvalue weighted by Crippen LogP contribution is -2.99. The summed E-state index contributed by atoms with van der Waals surface area (Å²) < 4.78 is 1.99. The summed E-state index contributed by atoms with van der Waals surface area (Å²) >= 11 is 0. The van der Waals surface area contributed by atoms with Crippen LogP contribution in [0, 0.1) is 5.21 Å². The van der Waals surface area contributed by atoms with Crippen LogP contribution in [0.2, 0.25) is 0 Å². The summed E-state index contributed by atoms with van der Waals surface area (Å²) in [5.41, 5.74) is -0.481. The minimum atomic E-state index is -1.07. The highest BCUT2D eigenvalue weighted by atomic mass is 16.8. The zero-order valence-corrected chi connectivity index (χ0v) is 16.6. The fourth-order valence-electron chi connectivity index (χ4n) is 3.17. The Bertz CT molecular complexity index is 1380. The van der Waals surface area contributed by atoms with E-state index in [9.17, 15) is 19.9 Å². The van der Waals surface area contributed by atoms with Gasteiger partial charge in [0.15, 0.2) is 5.69 Å². The van der Waals surface area contributed by atoms with Gasteiger partial charge in [-0.3, -0.25) is 9.79 Å². The number of nitrogens with one attached hydrogen (secondary N) is 1. The fraction of sp³-hybridized carbons (Fsp3) is 0. The average Bonchev–Trinajstić information content (AvgIpc) is 2.80. The first kappa shape index (κ1) is 20.9. The molecule has 3 N–H and O–H groups in total. The van der Waals surface area contributed by atoms with Crippen molar-refractivity contribution < 1.29 is 15.5 Å². The molecule has 1 aromatic heterocycles. The molecule has 0 saturated heterocycles. The fourth-order valence-corrected chi connectivity index (χ4v) is 3.17. The number of rotatable bonds is 5. The first-order valence-electron chi connectivity index (χ1n) is 9.56. The lowest BCUT2D eigenvalue weighted by atomic mass is 10.2. The maximum Gasteiger partial charge on any atom is 0.343 e. The predicted octanol–water partition coefficient (Wildman–Crippen LogP) is 1.85. The maximum atomic E-state index is 13.2. The lowest BCUT2D eigenvalue weighted by molar-refractivity contribution is -0.991. The first-order valence-corrected chi connectivity index (χ1v) is 9.56. The van der Waals surface area contributed by atoms with Crippen molar-refractivity contribution in [3.8, 4) is 17.3 Å². The van der Waals surface area contributed by atoms with Crippen LogP contribution < -0.4 is 16.5 Å². The Balaban J connectivity index is 1.92. The Hall–Kier alpha value is -4.31. The summed E-state index contributed by atoms with van der Waals surface area (Å²) in [4.78, 5) is 30.6. The summed E-state index contributed by atoms with van der Waals surface area (Å²) in [6.07, 6.45) is 1.16. The number of aliphatic imine (C=N–C) groups is 1.